The summed E-state index contributed by atoms with van der Waals surface area (Å²) in [5, 5.41) is 4.01. The fraction of sp³-hybridized carbons (Fsp3) is 0.375. The molecule has 2 rings (SSSR count). The molecule has 0 aliphatic rings. The van der Waals surface area contributed by atoms with Gasteiger partial charge in [0.2, 0.25) is 5.91 Å². The second kappa shape index (κ2) is 6.48. The van der Waals surface area contributed by atoms with Crippen LogP contribution in [-0.2, 0) is 11.2 Å². The summed E-state index contributed by atoms with van der Waals surface area (Å²) in [5.74, 6) is -0.233. The number of carbonyl (C=O) groups excluding carboxylic acids is 1. The molecule has 0 aliphatic heterocycles. The van der Waals surface area contributed by atoms with E-state index in [-0.39, 0.29) is 17.9 Å². The summed E-state index contributed by atoms with van der Waals surface area (Å²) >= 11 is 0. The van der Waals surface area contributed by atoms with Gasteiger partial charge in [-0.1, -0.05) is 24.3 Å². The normalized spacial score (nSPS) is 12.6. The quantitative estimate of drug-likeness (QED) is 0.872. The standard InChI is InChI=1S/C16H21N3O/c1-11(2)18-16(20)13(10-17)9-14-8-7-12-5-3-4-6-15(12)19-14/h3-8,11,13H,9-10,17H2,1-2H3,(H,18,20). The van der Waals surface area contributed by atoms with Crippen LogP contribution in [0.3, 0.4) is 0 Å². The molecule has 1 unspecified atom stereocenters. The first kappa shape index (κ1) is 14.5. The van der Waals surface area contributed by atoms with Crippen molar-refractivity contribution in [1.82, 2.24) is 10.3 Å². The van der Waals surface area contributed by atoms with Gasteiger partial charge in [-0.3, -0.25) is 9.78 Å². The molecule has 3 N–H and O–H groups in total. The molecule has 0 fully saturated rings. The van der Waals surface area contributed by atoms with E-state index in [1.807, 2.05) is 50.2 Å². The Morgan fingerprint density at radius 3 is 2.70 bits per heavy atom. The molecule has 0 saturated carbocycles. The van der Waals surface area contributed by atoms with E-state index in [1.54, 1.807) is 0 Å². The van der Waals surface area contributed by atoms with Gasteiger partial charge < -0.3 is 11.1 Å². The lowest BCUT2D eigenvalue weighted by atomic mass is 10.0. The van der Waals surface area contributed by atoms with Crippen LogP contribution in [0.4, 0.5) is 0 Å². The predicted octanol–water partition coefficient (Wildman–Crippen LogP) is 1.88. The summed E-state index contributed by atoms with van der Waals surface area (Å²) in [6, 6.07) is 12.1. The number of hydrogen-bond donors (Lipinski definition) is 2. The van der Waals surface area contributed by atoms with Crippen LogP contribution < -0.4 is 11.1 Å². The average Bonchev–Trinajstić information content (AvgIpc) is 2.43. The lowest BCUT2D eigenvalue weighted by Crippen LogP contribution is -2.39. The van der Waals surface area contributed by atoms with Gasteiger partial charge in [0.1, 0.15) is 0 Å². The van der Waals surface area contributed by atoms with Crippen molar-refractivity contribution < 1.29 is 4.79 Å². The molecule has 0 saturated heterocycles. The van der Waals surface area contributed by atoms with Gasteiger partial charge in [0.15, 0.2) is 0 Å². The maximum absolute atomic E-state index is 12.0. The molecule has 4 nitrogen and oxygen atoms in total. The summed E-state index contributed by atoms with van der Waals surface area (Å²) in [7, 11) is 0. The molecule has 1 atom stereocenters. The monoisotopic (exact) mass is 271 g/mol. The summed E-state index contributed by atoms with van der Waals surface area (Å²) in [5.41, 5.74) is 7.57. The Labute approximate surface area is 119 Å². The van der Waals surface area contributed by atoms with E-state index < -0.39 is 0 Å². The SMILES string of the molecule is CC(C)NC(=O)C(CN)Cc1ccc2ccccc2n1. The van der Waals surface area contributed by atoms with E-state index in [4.69, 9.17) is 5.73 Å². The number of rotatable bonds is 5. The Balaban J connectivity index is 2.14. The fourth-order valence-electron chi connectivity index (χ4n) is 2.16. The Hall–Kier alpha value is -1.94. The second-order valence-electron chi connectivity index (χ2n) is 5.30. The Morgan fingerprint density at radius 1 is 1.25 bits per heavy atom. The van der Waals surface area contributed by atoms with E-state index in [2.05, 4.69) is 10.3 Å². The van der Waals surface area contributed by atoms with Crippen molar-refractivity contribution in [3.63, 3.8) is 0 Å². The first-order valence-electron chi connectivity index (χ1n) is 6.95. The maximum Gasteiger partial charge on any atom is 0.224 e. The van der Waals surface area contributed by atoms with E-state index in [1.165, 1.54) is 0 Å². The van der Waals surface area contributed by atoms with Gasteiger partial charge in [-0.05, 0) is 26.0 Å². The number of carbonyl (C=O) groups is 1. The Bertz CT molecular complexity index is 595. The third-order valence-corrected chi connectivity index (χ3v) is 3.20. The zero-order valence-corrected chi connectivity index (χ0v) is 12.0. The first-order chi connectivity index (χ1) is 9.60. The molecule has 20 heavy (non-hydrogen) atoms. The van der Waals surface area contributed by atoms with Gasteiger partial charge >= 0.3 is 0 Å². The fourth-order valence-corrected chi connectivity index (χ4v) is 2.16. The van der Waals surface area contributed by atoms with Crippen LogP contribution >= 0.6 is 0 Å². The molecule has 2 aromatic rings. The van der Waals surface area contributed by atoms with Gasteiger partial charge in [0.05, 0.1) is 11.4 Å². The highest BCUT2D eigenvalue weighted by Gasteiger charge is 2.18. The van der Waals surface area contributed by atoms with Gasteiger partial charge in [0, 0.05) is 30.1 Å². The van der Waals surface area contributed by atoms with E-state index >= 15 is 0 Å². The summed E-state index contributed by atoms with van der Waals surface area (Å²) in [6.07, 6.45) is 0.569. The number of pyridine rings is 1. The average molecular weight is 271 g/mol. The Morgan fingerprint density at radius 2 is 2.00 bits per heavy atom. The zero-order chi connectivity index (χ0) is 14.5. The van der Waals surface area contributed by atoms with Crippen molar-refractivity contribution in [1.29, 1.82) is 0 Å². The number of benzene rings is 1. The van der Waals surface area contributed by atoms with E-state index in [0.29, 0.717) is 13.0 Å². The van der Waals surface area contributed by atoms with Gasteiger partial charge in [0.25, 0.3) is 0 Å². The number of nitrogens with zero attached hydrogens (tertiary/aromatic N) is 1. The highest BCUT2D eigenvalue weighted by molar-refractivity contribution is 5.80. The van der Waals surface area contributed by atoms with Crippen LogP contribution in [0.5, 0.6) is 0 Å². The van der Waals surface area contributed by atoms with Crippen molar-refractivity contribution >= 4 is 16.8 Å². The molecule has 1 aromatic heterocycles. The number of aromatic nitrogens is 1. The number of amides is 1. The third kappa shape index (κ3) is 3.54. The molecule has 0 aliphatic carbocycles. The van der Waals surface area contributed by atoms with Crippen LogP contribution in [0.25, 0.3) is 10.9 Å². The van der Waals surface area contributed by atoms with Crippen LogP contribution in [0.15, 0.2) is 36.4 Å². The largest absolute Gasteiger partial charge is 0.354 e. The molecule has 1 heterocycles. The van der Waals surface area contributed by atoms with Crippen LogP contribution in [-0.4, -0.2) is 23.5 Å². The lowest BCUT2D eigenvalue weighted by Gasteiger charge is -2.16. The van der Waals surface area contributed by atoms with Crippen LogP contribution in [0, 0.1) is 5.92 Å². The Kier molecular flexibility index (Phi) is 4.69. The van der Waals surface area contributed by atoms with Gasteiger partial charge in [-0.15, -0.1) is 0 Å². The molecule has 4 heteroatoms. The van der Waals surface area contributed by atoms with Crippen LogP contribution in [0.2, 0.25) is 0 Å². The highest BCUT2D eigenvalue weighted by Crippen LogP contribution is 2.14. The van der Waals surface area contributed by atoms with Crippen molar-refractivity contribution in [2.75, 3.05) is 6.54 Å². The molecular formula is C16H21N3O. The molecule has 0 radical (unpaired) electrons. The number of fused-ring (bicyclic) bond motifs is 1. The minimum absolute atomic E-state index is 0.00235. The first-order valence-corrected chi connectivity index (χ1v) is 6.95. The number of nitrogens with one attached hydrogen (secondary N) is 1. The summed E-state index contributed by atoms with van der Waals surface area (Å²) in [4.78, 5) is 16.6. The van der Waals surface area contributed by atoms with Crippen LogP contribution in [0.1, 0.15) is 19.5 Å². The van der Waals surface area contributed by atoms with Crippen molar-refractivity contribution in [2.24, 2.45) is 11.7 Å². The van der Waals surface area contributed by atoms with E-state index in [0.717, 1.165) is 16.6 Å². The van der Waals surface area contributed by atoms with Crippen molar-refractivity contribution in [3.05, 3.63) is 42.1 Å². The molecule has 106 valence electrons. The number of para-hydroxylation sites is 1. The molecule has 1 amide bonds. The van der Waals surface area contributed by atoms with Crippen molar-refractivity contribution in [3.8, 4) is 0 Å². The molecule has 0 spiro atoms. The predicted molar refractivity (Wildman–Crippen MR) is 81.3 cm³/mol. The molecule has 1 aromatic carbocycles. The molecular weight excluding hydrogens is 250 g/mol. The zero-order valence-electron chi connectivity index (χ0n) is 12.0. The molecule has 0 bridgehead atoms. The lowest BCUT2D eigenvalue weighted by molar-refractivity contribution is -0.125. The number of hydrogen-bond acceptors (Lipinski definition) is 3. The van der Waals surface area contributed by atoms with E-state index in [9.17, 15) is 4.79 Å². The topological polar surface area (TPSA) is 68.0 Å². The minimum Gasteiger partial charge on any atom is -0.354 e. The summed E-state index contributed by atoms with van der Waals surface area (Å²) in [6.45, 7) is 4.21. The van der Waals surface area contributed by atoms with Gasteiger partial charge in [-0.25, -0.2) is 0 Å². The van der Waals surface area contributed by atoms with Crippen molar-refractivity contribution in [2.45, 2.75) is 26.3 Å². The highest BCUT2D eigenvalue weighted by atomic mass is 16.1. The number of nitrogens with two attached hydrogens (primary N) is 1. The third-order valence-electron chi connectivity index (χ3n) is 3.20. The maximum atomic E-state index is 12.0. The smallest absolute Gasteiger partial charge is 0.224 e. The minimum atomic E-state index is -0.230. The summed E-state index contributed by atoms with van der Waals surface area (Å²) < 4.78 is 0. The second-order valence-corrected chi connectivity index (χ2v) is 5.30. The van der Waals surface area contributed by atoms with Gasteiger partial charge in [-0.2, -0.15) is 0 Å².